The van der Waals surface area contributed by atoms with Crippen LogP contribution in [0.5, 0.6) is 0 Å². The van der Waals surface area contributed by atoms with Crippen LogP contribution in [0.1, 0.15) is 31.1 Å². The van der Waals surface area contributed by atoms with Gasteiger partial charge in [-0.05, 0) is 12.1 Å². The summed E-state index contributed by atoms with van der Waals surface area (Å²) in [6, 6.07) is 2.91. The van der Waals surface area contributed by atoms with E-state index in [1.165, 1.54) is 18.3 Å². The second-order valence-electron chi connectivity index (χ2n) is 4.41. The van der Waals surface area contributed by atoms with Crippen LogP contribution >= 0.6 is 0 Å². The van der Waals surface area contributed by atoms with E-state index in [4.69, 9.17) is 5.11 Å². The first-order chi connectivity index (χ1) is 7.32. The molecule has 86 valence electrons. The molecule has 5 nitrogen and oxygen atoms in total. The number of aromatic nitrogens is 1. The number of pyridine rings is 1. The van der Waals surface area contributed by atoms with Gasteiger partial charge in [-0.3, -0.25) is 4.79 Å². The second-order valence-corrected chi connectivity index (χ2v) is 4.41. The molecule has 0 radical (unpaired) electrons. The summed E-state index contributed by atoms with van der Waals surface area (Å²) in [5, 5.41) is 11.4. The third-order valence-electron chi connectivity index (χ3n) is 1.95. The van der Waals surface area contributed by atoms with Crippen LogP contribution in [0.2, 0.25) is 0 Å². The largest absolute Gasteiger partial charge is 0.478 e. The van der Waals surface area contributed by atoms with Crippen LogP contribution in [-0.2, 0) is 4.79 Å². The topological polar surface area (TPSA) is 79.3 Å². The van der Waals surface area contributed by atoms with Crippen molar-refractivity contribution in [2.24, 2.45) is 5.41 Å². The Balaban J connectivity index is 2.98. The SMILES string of the molecule is CC(C)(C)C(=O)Nc1ncccc1C(=O)O. The first kappa shape index (κ1) is 12.2. The monoisotopic (exact) mass is 222 g/mol. The number of hydrogen-bond acceptors (Lipinski definition) is 3. The van der Waals surface area contributed by atoms with Crippen LogP contribution < -0.4 is 5.32 Å². The van der Waals surface area contributed by atoms with Crippen LogP contribution in [-0.4, -0.2) is 22.0 Å². The number of rotatable bonds is 2. The summed E-state index contributed by atoms with van der Waals surface area (Å²) in [7, 11) is 0. The highest BCUT2D eigenvalue weighted by Crippen LogP contribution is 2.18. The number of amides is 1. The van der Waals surface area contributed by atoms with Gasteiger partial charge in [0.25, 0.3) is 0 Å². The van der Waals surface area contributed by atoms with Crippen LogP contribution in [0.3, 0.4) is 0 Å². The Kier molecular flexibility index (Phi) is 3.27. The van der Waals surface area contributed by atoms with E-state index in [1.807, 2.05) is 0 Å². The standard InChI is InChI=1S/C11H14N2O3/c1-11(2,3)10(16)13-8-7(9(14)15)5-4-6-12-8/h4-6H,1-3H3,(H,14,15)(H,12,13,16). The van der Waals surface area contributed by atoms with E-state index in [2.05, 4.69) is 10.3 Å². The molecule has 5 heteroatoms. The van der Waals surface area contributed by atoms with Gasteiger partial charge >= 0.3 is 5.97 Å². The van der Waals surface area contributed by atoms with Gasteiger partial charge in [0.2, 0.25) is 5.91 Å². The summed E-state index contributed by atoms with van der Waals surface area (Å²) >= 11 is 0. The molecule has 1 amide bonds. The smallest absolute Gasteiger partial charge is 0.339 e. The van der Waals surface area contributed by atoms with E-state index in [0.29, 0.717) is 0 Å². The molecule has 0 aliphatic rings. The van der Waals surface area contributed by atoms with Gasteiger partial charge in [-0.2, -0.15) is 0 Å². The van der Waals surface area contributed by atoms with Crippen molar-refractivity contribution in [2.75, 3.05) is 5.32 Å². The minimum absolute atomic E-state index is 0.0138. The molecular weight excluding hydrogens is 208 g/mol. The lowest BCUT2D eigenvalue weighted by atomic mass is 9.95. The Morgan fingerprint density at radius 1 is 1.38 bits per heavy atom. The lowest BCUT2D eigenvalue weighted by Gasteiger charge is -2.17. The van der Waals surface area contributed by atoms with Crippen molar-refractivity contribution in [2.45, 2.75) is 20.8 Å². The van der Waals surface area contributed by atoms with Crippen LogP contribution in [0.15, 0.2) is 18.3 Å². The predicted octanol–water partition coefficient (Wildman–Crippen LogP) is 1.76. The molecule has 0 unspecified atom stereocenters. The fraction of sp³-hybridized carbons (Fsp3) is 0.364. The molecule has 0 spiro atoms. The molecule has 16 heavy (non-hydrogen) atoms. The van der Waals surface area contributed by atoms with Crippen molar-refractivity contribution in [1.82, 2.24) is 4.98 Å². The number of carboxylic acids is 1. The predicted molar refractivity (Wildman–Crippen MR) is 59.3 cm³/mol. The normalized spacial score (nSPS) is 10.9. The molecular formula is C11H14N2O3. The van der Waals surface area contributed by atoms with E-state index in [0.717, 1.165) is 0 Å². The molecule has 1 heterocycles. The zero-order valence-corrected chi connectivity index (χ0v) is 9.44. The fourth-order valence-corrected chi connectivity index (χ4v) is 0.973. The number of carboxylic acid groups (broad SMARTS) is 1. The van der Waals surface area contributed by atoms with Crippen molar-refractivity contribution in [3.05, 3.63) is 23.9 Å². The van der Waals surface area contributed by atoms with E-state index in [-0.39, 0.29) is 17.3 Å². The third kappa shape index (κ3) is 2.79. The lowest BCUT2D eigenvalue weighted by Crippen LogP contribution is -2.28. The van der Waals surface area contributed by atoms with Crippen molar-refractivity contribution >= 4 is 17.7 Å². The number of nitrogens with zero attached hydrogens (tertiary/aromatic N) is 1. The van der Waals surface area contributed by atoms with E-state index in [9.17, 15) is 9.59 Å². The second kappa shape index (κ2) is 4.30. The Bertz CT molecular complexity index is 421. The maximum absolute atomic E-state index is 11.7. The Morgan fingerprint density at radius 3 is 2.50 bits per heavy atom. The number of hydrogen-bond donors (Lipinski definition) is 2. The highest BCUT2D eigenvalue weighted by atomic mass is 16.4. The minimum Gasteiger partial charge on any atom is -0.478 e. The van der Waals surface area contributed by atoms with Gasteiger partial charge in [0.05, 0.1) is 0 Å². The molecule has 0 atom stereocenters. The minimum atomic E-state index is -1.11. The first-order valence-corrected chi connectivity index (χ1v) is 4.82. The molecule has 0 aromatic carbocycles. The fourth-order valence-electron chi connectivity index (χ4n) is 0.973. The lowest BCUT2D eigenvalue weighted by molar-refractivity contribution is -0.123. The Labute approximate surface area is 93.5 Å². The van der Waals surface area contributed by atoms with Crippen LogP contribution in [0.25, 0.3) is 0 Å². The summed E-state index contributed by atoms with van der Waals surface area (Å²) in [4.78, 5) is 26.4. The zero-order chi connectivity index (χ0) is 12.3. The molecule has 1 rings (SSSR count). The maximum Gasteiger partial charge on any atom is 0.339 e. The van der Waals surface area contributed by atoms with Gasteiger partial charge < -0.3 is 10.4 Å². The number of carbonyl (C=O) groups excluding carboxylic acids is 1. The summed E-state index contributed by atoms with van der Waals surface area (Å²) in [6.45, 7) is 5.23. The molecule has 1 aromatic heterocycles. The van der Waals surface area contributed by atoms with E-state index in [1.54, 1.807) is 20.8 Å². The molecule has 0 fully saturated rings. The number of anilines is 1. The third-order valence-corrected chi connectivity index (χ3v) is 1.95. The summed E-state index contributed by atoms with van der Waals surface area (Å²) in [6.07, 6.45) is 1.44. The van der Waals surface area contributed by atoms with Crippen molar-refractivity contribution in [3.8, 4) is 0 Å². The quantitative estimate of drug-likeness (QED) is 0.799. The van der Waals surface area contributed by atoms with Gasteiger partial charge in [-0.1, -0.05) is 20.8 Å². The van der Waals surface area contributed by atoms with Crippen molar-refractivity contribution in [3.63, 3.8) is 0 Å². The van der Waals surface area contributed by atoms with Gasteiger partial charge in [0.15, 0.2) is 0 Å². The molecule has 0 saturated heterocycles. The molecule has 0 bridgehead atoms. The Morgan fingerprint density at radius 2 is 2.00 bits per heavy atom. The average Bonchev–Trinajstić information content (AvgIpc) is 2.16. The number of aromatic carboxylic acids is 1. The van der Waals surface area contributed by atoms with Crippen LogP contribution in [0.4, 0.5) is 5.82 Å². The average molecular weight is 222 g/mol. The molecule has 2 N–H and O–H groups in total. The summed E-state index contributed by atoms with van der Waals surface area (Å²) < 4.78 is 0. The number of carbonyl (C=O) groups is 2. The summed E-state index contributed by atoms with van der Waals surface area (Å²) in [5.41, 5.74) is -0.604. The number of nitrogens with one attached hydrogen (secondary N) is 1. The maximum atomic E-state index is 11.7. The molecule has 0 aliphatic heterocycles. The van der Waals surface area contributed by atoms with Gasteiger partial charge in [-0.25, -0.2) is 9.78 Å². The summed E-state index contributed by atoms with van der Waals surface area (Å²) in [5.74, 6) is -1.30. The van der Waals surface area contributed by atoms with Crippen molar-refractivity contribution in [1.29, 1.82) is 0 Å². The first-order valence-electron chi connectivity index (χ1n) is 4.82. The zero-order valence-electron chi connectivity index (χ0n) is 9.44. The molecule has 0 aliphatic carbocycles. The highest BCUT2D eigenvalue weighted by molar-refractivity contribution is 6.00. The van der Waals surface area contributed by atoms with E-state index >= 15 is 0 Å². The molecule has 1 aromatic rings. The van der Waals surface area contributed by atoms with Gasteiger partial charge in [-0.15, -0.1) is 0 Å². The van der Waals surface area contributed by atoms with Crippen molar-refractivity contribution < 1.29 is 14.7 Å². The highest BCUT2D eigenvalue weighted by Gasteiger charge is 2.23. The molecule has 0 saturated carbocycles. The Hall–Kier alpha value is -1.91. The van der Waals surface area contributed by atoms with Gasteiger partial charge in [0, 0.05) is 11.6 Å². The van der Waals surface area contributed by atoms with E-state index < -0.39 is 11.4 Å². The van der Waals surface area contributed by atoms with Gasteiger partial charge in [0.1, 0.15) is 11.4 Å². The van der Waals surface area contributed by atoms with Crippen LogP contribution in [0, 0.1) is 5.41 Å².